The minimum absolute atomic E-state index is 0.120. The molecule has 1 atom stereocenters. The van der Waals surface area contributed by atoms with Crippen LogP contribution in [0.1, 0.15) is 35.8 Å². The van der Waals surface area contributed by atoms with Crippen molar-refractivity contribution < 1.29 is 4.74 Å². The number of aliphatic imine (C=N–C) groups is 1. The first-order chi connectivity index (χ1) is 14.3. The van der Waals surface area contributed by atoms with Crippen LogP contribution in [0, 0.1) is 0 Å². The Morgan fingerprint density at radius 2 is 2.00 bits per heavy atom. The van der Waals surface area contributed by atoms with Crippen molar-refractivity contribution in [1.82, 2.24) is 14.9 Å². The minimum Gasteiger partial charge on any atom is -0.493 e. The molecule has 0 bridgehead atoms. The van der Waals surface area contributed by atoms with Crippen molar-refractivity contribution in [3.8, 4) is 5.75 Å². The zero-order valence-electron chi connectivity index (χ0n) is 16.5. The van der Waals surface area contributed by atoms with E-state index in [0.29, 0.717) is 19.1 Å². The van der Waals surface area contributed by atoms with Gasteiger partial charge in [-0.25, -0.2) is 9.98 Å². The number of benzene rings is 2. The Morgan fingerprint density at radius 3 is 2.90 bits per heavy atom. The molecule has 2 aromatic carbocycles. The molecule has 1 aromatic heterocycles. The van der Waals surface area contributed by atoms with Crippen molar-refractivity contribution in [2.45, 2.75) is 38.4 Å². The summed E-state index contributed by atoms with van der Waals surface area (Å²) in [6.07, 6.45) is 6.81. The van der Waals surface area contributed by atoms with E-state index in [1.165, 1.54) is 5.56 Å². The molecule has 6 nitrogen and oxygen atoms in total. The van der Waals surface area contributed by atoms with E-state index in [2.05, 4.69) is 50.2 Å². The lowest BCUT2D eigenvalue weighted by Gasteiger charge is -2.26. The number of ether oxygens (including phenoxy) is 1. The number of nitrogens with one attached hydrogen (secondary N) is 1. The van der Waals surface area contributed by atoms with Crippen LogP contribution in [0.25, 0.3) is 0 Å². The smallest absolute Gasteiger partial charge is 0.189 e. The summed E-state index contributed by atoms with van der Waals surface area (Å²) in [5.74, 6) is 2.28. The minimum atomic E-state index is 0.120. The fourth-order valence-corrected chi connectivity index (χ4v) is 3.67. The van der Waals surface area contributed by atoms with E-state index in [9.17, 15) is 0 Å². The summed E-state index contributed by atoms with van der Waals surface area (Å²) >= 11 is 0. The molecule has 0 radical (unpaired) electrons. The van der Waals surface area contributed by atoms with E-state index < -0.39 is 0 Å². The molecule has 1 unspecified atom stereocenters. The molecular formula is C23H27N5O. The first-order valence-corrected chi connectivity index (χ1v) is 10.1. The molecule has 6 heteroatoms. The van der Waals surface area contributed by atoms with E-state index >= 15 is 0 Å². The fourth-order valence-electron chi connectivity index (χ4n) is 3.67. The summed E-state index contributed by atoms with van der Waals surface area (Å²) < 4.78 is 7.86. The van der Waals surface area contributed by atoms with Crippen molar-refractivity contribution >= 4 is 5.96 Å². The number of guanidine groups is 1. The SMILES string of the molecule is NC(=NCc1nccn1CCCc1ccccc1)NC1CCOc2ccccc21. The second-order valence-corrected chi connectivity index (χ2v) is 7.20. The average molecular weight is 390 g/mol. The Labute approximate surface area is 171 Å². The van der Waals surface area contributed by atoms with Gasteiger partial charge in [-0.3, -0.25) is 0 Å². The lowest BCUT2D eigenvalue weighted by atomic mass is 10.0. The first-order valence-electron chi connectivity index (χ1n) is 10.1. The van der Waals surface area contributed by atoms with E-state index in [0.717, 1.165) is 42.9 Å². The van der Waals surface area contributed by atoms with Gasteiger partial charge in [0.05, 0.1) is 12.6 Å². The van der Waals surface area contributed by atoms with Crippen molar-refractivity contribution in [2.24, 2.45) is 10.7 Å². The van der Waals surface area contributed by atoms with Gasteiger partial charge in [0, 0.05) is 30.9 Å². The summed E-state index contributed by atoms with van der Waals surface area (Å²) in [6, 6.07) is 18.7. The summed E-state index contributed by atoms with van der Waals surface area (Å²) in [7, 11) is 0. The Bertz CT molecular complexity index is 951. The molecule has 2 heterocycles. The number of nitrogens with zero attached hydrogens (tertiary/aromatic N) is 3. The lowest BCUT2D eigenvalue weighted by molar-refractivity contribution is 0.262. The maximum absolute atomic E-state index is 6.17. The van der Waals surface area contributed by atoms with Gasteiger partial charge in [-0.1, -0.05) is 48.5 Å². The number of aryl methyl sites for hydroxylation is 2. The first kappa shape index (κ1) is 19.1. The second kappa shape index (κ2) is 9.28. The van der Waals surface area contributed by atoms with Crippen LogP contribution >= 0.6 is 0 Å². The van der Waals surface area contributed by atoms with Gasteiger partial charge in [-0.2, -0.15) is 0 Å². The molecule has 150 valence electrons. The monoisotopic (exact) mass is 389 g/mol. The molecule has 0 amide bonds. The van der Waals surface area contributed by atoms with E-state index in [-0.39, 0.29) is 6.04 Å². The third-order valence-corrected chi connectivity index (χ3v) is 5.18. The average Bonchev–Trinajstić information content (AvgIpc) is 3.21. The number of nitrogens with two attached hydrogens (primary N) is 1. The number of rotatable bonds is 7. The molecule has 0 aliphatic carbocycles. The molecule has 4 rings (SSSR count). The van der Waals surface area contributed by atoms with Crippen LogP contribution in [0.2, 0.25) is 0 Å². The summed E-state index contributed by atoms with van der Waals surface area (Å²) in [5, 5.41) is 3.33. The predicted molar refractivity (Wildman–Crippen MR) is 115 cm³/mol. The van der Waals surface area contributed by atoms with Crippen LogP contribution in [0.4, 0.5) is 0 Å². The summed E-state index contributed by atoms with van der Waals surface area (Å²) in [4.78, 5) is 8.97. The quantitative estimate of drug-likeness (QED) is 0.479. The molecule has 0 spiro atoms. The second-order valence-electron chi connectivity index (χ2n) is 7.20. The van der Waals surface area contributed by atoms with Crippen LogP contribution in [0.15, 0.2) is 72.0 Å². The van der Waals surface area contributed by atoms with Crippen LogP contribution in [-0.2, 0) is 19.5 Å². The predicted octanol–water partition coefficient (Wildman–Crippen LogP) is 3.44. The Hall–Kier alpha value is -3.28. The molecule has 0 saturated carbocycles. The zero-order chi connectivity index (χ0) is 19.9. The molecular weight excluding hydrogens is 362 g/mol. The van der Waals surface area contributed by atoms with Crippen LogP contribution in [0.3, 0.4) is 0 Å². The van der Waals surface area contributed by atoms with Crippen molar-refractivity contribution in [2.75, 3.05) is 6.61 Å². The summed E-state index contributed by atoms with van der Waals surface area (Å²) in [5.41, 5.74) is 8.65. The third kappa shape index (κ3) is 4.96. The van der Waals surface area contributed by atoms with E-state index in [1.54, 1.807) is 0 Å². The van der Waals surface area contributed by atoms with Gasteiger partial charge in [0.15, 0.2) is 5.96 Å². The highest BCUT2D eigenvalue weighted by Gasteiger charge is 2.21. The zero-order valence-corrected chi connectivity index (χ0v) is 16.5. The van der Waals surface area contributed by atoms with Gasteiger partial charge in [-0.05, 0) is 24.5 Å². The third-order valence-electron chi connectivity index (χ3n) is 5.18. The number of aromatic nitrogens is 2. The van der Waals surface area contributed by atoms with E-state index in [1.807, 2.05) is 36.7 Å². The van der Waals surface area contributed by atoms with Crippen LogP contribution < -0.4 is 15.8 Å². The normalized spacial score (nSPS) is 16.1. The van der Waals surface area contributed by atoms with Gasteiger partial charge in [-0.15, -0.1) is 0 Å². The number of para-hydroxylation sites is 1. The standard InChI is InChI=1S/C23H27N5O/c24-23(27-20-12-16-29-21-11-5-4-10-19(20)21)26-17-22-25-13-15-28(22)14-6-9-18-7-2-1-3-8-18/h1-5,7-8,10-11,13,15,20H,6,9,12,14,16-17H2,(H3,24,26,27). The number of fused-ring (bicyclic) bond motifs is 1. The molecule has 0 fully saturated rings. The lowest BCUT2D eigenvalue weighted by Crippen LogP contribution is -2.37. The highest BCUT2D eigenvalue weighted by molar-refractivity contribution is 5.78. The number of imidazole rings is 1. The Balaban J connectivity index is 1.32. The largest absolute Gasteiger partial charge is 0.493 e. The highest BCUT2D eigenvalue weighted by Crippen LogP contribution is 2.31. The molecule has 1 aliphatic heterocycles. The van der Waals surface area contributed by atoms with Crippen LogP contribution in [-0.4, -0.2) is 22.1 Å². The molecule has 29 heavy (non-hydrogen) atoms. The van der Waals surface area contributed by atoms with Gasteiger partial charge < -0.3 is 20.4 Å². The maximum atomic E-state index is 6.17. The Morgan fingerprint density at radius 1 is 1.17 bits per heavy atom. The van der Waals surface area contributed by atoms with Gasteiger partial charge in [0.2, 0.25) is 0 Å². The van der Waals surface area contributed by atoms with Gasteiger partial charge in [0.25, 0.3) is 0 Å². The molecule has 3 aromatic rings. The summed E-state index contributed by atoms with van der Waals surface area (Å²) in [6.45, 7) is 2.05. The van der Waals surface area contributed by atoms with Crippen molar-refractivity contribution in [1.29, 1.82) is 0 Å². The fraction of sp³-hybridized carbons (Fsp3) is 0.304. The van der Waals surface area contributed by atoms with Gasteiger partial charge >= 0.3 is 0 Å². The Kier molecular flexibility index (Phi) is 6.10. The van der Waals surface area contributed by atoms with Crippen LogP contribution in [0.5, 0.6) is 5.75 Å². The van der Waals surface area contributed by atoms with Crippen molar-refractivity contribution in [3.05, 3.63) is 83.9 Å². The number of hydrogen-bond acceptors (Lipinski definition) is 3. The topological polar surface area (TPSA) is 77.5 Å². The van der Waals surface area contributed by atoms with Crippen molar-refractivity contribution in [3.63, 3.8) is 0 Å². The van der Waals surface area contributed by atoms with E-state index in [4.69, 9.17) is 10.5 Å². The molecule has 3 N–H and O–H groups in total. The molecule has 1 aliphatic rings. The van der Waals surface area contributed by atoms with Gasteiger partial charge in [0.1, 0.15) is 18.1 Å². The maximum Gasteiger partial charge on any atom is 0.189 e. The highest BCUT2D eigenvalue weighted by atomic mass is 16.5. The molecule has 0 saturated heterocycles. The number of hydrogen-bond donors (Lipinski definition) is 2.